The minimum absolute atomic E-state index is 0.215. The highest BCUT2D eigenvalue weighted by molar-refractivity contribution is 6.31. The second kappa shape index (κ2) is 5.80. The molecule has 1 saturated heterocycles. The lowest BCUT2D eigenvalue weighted by Crippen LogP contribution is -2.38. The summed E-state index contributed by atoms with van der Waals surface area (Å²) in [5, 5.41) is 0.514. The maximum Gasteiger partial charge on any atom is 0.129 e. The van der Waals surface area contributed by atoms with Crippen LogP contribution in [0.2, 0.25) is 5.02 Å². The van der Waals surface area contributed by atoms with Gasteiger partial charge < -0.3 is 5.73 Å². The Bertz CT molecular complexity index is 363. The van der Waals surface area contributed by atoms with E-state index < -0.39 is 0 Å². The molecule has 0 aromatic heterocycles. The summed E-state index contributed by atoms with van der Waals surface area (Å²) in [7, 11) is 0. The third kappa shape index (κ3) is 3.18. The molecule has 17 heavy (non-hydrogen) atoms. The van der Waals surface area contributed by atoms with Crippen molar-refractivity contribution in [2.45, 2.75) is 19.4 Å². The molecule has 0 aliphatic carbocycles. The van der Waals surface area contributed by atoms with Crippen molar-refractivity contribution < 1.29 is 4.39 Å². The largest absolute Gasteiger partial charge is 0.330 e. The van der Waals surface area contributed by atoms with Gasteiger partial charge in [-0.2, -0.15) is 0 Å². The van der Waals surface area contributed by atoms with Gasteiger partial charge in [-0.05, 0) is 44.0 Å². The van der Waals surface area contributed by atoms with Crippen molar-refractivity contribution in [2.24, 2.45) is 11.7 Å². The van der Waals surface area contributed by atoms with Crippen molar-refractivity contribution in [3.8, 4) is 0 Å². The molecule has 4 heteroatoms. The van der Waals surface area contributed by atoms with Crippen molar-refractivity contribution in [3.63, 3.8) is 0 Å². The van der Waals surface area contributed by atoms with Crippen LogP contribution in [0.1, 0.15) is 18.4 Å². The number of hydrogen-bond donors (Lipinski definition) is 1. The van der Waals surface area contributed by atoms with Crippen molar-refractivity contribution in [2.75, 3.05) is 19.6 Å². The van der Waals surface area contributed by atoms with Gasteiger partial charge in [-0.3, -0.25) is 4.90 Å². The van der Waals surface area contributed by atoms with Crippen molar-refractivity contribution in [3.05, 3.63) is 34.6 Å². The molecule has 2 nitrogen and oxygen atoms in total. The van der Waals surface area contributed by atoms with Gasteiger partial charge in [0.25, 0.3) is 0 Å². The highest BCUT2D eigenvalue weighted by atomic mass is 35.5. The van der Waals surface area contributed by atoms with Crippen molar-refractivity contribution in [1.29, 1.82) is 0 Å². The van der Waals surface area contributed by atoms with Crippen LogP contribution < -0.4 is 5.73 Å². The highest BCUT2D eigenvalue weighted by Gasteiger charge is 2.20. The summed E-state index contributed by atoms with van der Waals surface area (Å²) in [6.45, 7) is 3.24. The number of piperidine rings is 1. The molecule has 0 bridgehead atoms. The molecule has 94 valence electrons. The third-order valence-corrected chi connectivity index (χ3v) is 3.73. The van der Waals surface area contributed by atoms with Gasteiger partial charge in [0.2, 0.25) is 0 Å². The monoisotopic (exact) mass is 256 g/mol. The van der Waals surface area contributed by atoms with E-state index in [9.17, 15) is 4.39 Å². The number of hydrogen-bond acceptors (Lipinski definition) is 2. The molecule has 2 rings (SSSR count). The van der Waals surface area contributed by atoms with Gasteiger partial charge in [0.15, 0.2) is 0 Å². The topological polar surface area (TPSA) is 29.3 Å². The Morgan fingerprint density at radius 1 is 1.47 bits per heavy atom. The summed E-state index contributed by atoms with van der Waals surface area (Å²) in [6, 6.07) is 4.84. The van der Waals surface area contributed by atoms with Gasteiger partial charge in [-0.15, -0.1) is 0 Å². The Hall–Kier alpha value is -0.640. The SMILES string of the molecule is NC[C@@H]1CCCN(Cc2c(F)cccc2Cl)C1. The second-order valence-corrected chi connectivity index (χ2v) is 5.09. The Labute approximate surface area is 107 Å². The lowest BCUT2D eigenvalue weighted by Gasteiger charge is -2.32. The smallest absolute Gasteiger partial charge is 0.129 e. The zero-order valence-electron chi connectivity index (χ0n) is 9.83. The van der Waals surface area contributed by atoms with Gasteiger partial charge in [-0.1, -0.05) is 17.7 Å². The van der Waals surface area contributed by atoms with E-state index in [1.54, 1.807) is 12.1 Å². The van der Waals surface area contributed by atoms with E-state index in [0.29, 0.717) is 29.6 Å². The maximum atomic E-state index is 13.6. The quantitative estimate of drug-likeness (QED) is 0.901. The van der Waals surface area contributed by atoms with E-state index >= 15 is 0 Å². The molecule has 1 aliphatic rings. The Balaban J connectivity index is 2.05. The van der Waals surface area contributed by atoms with Gasteiger partial charge in [-0.25, -0.2) is 4.39 Å². The summed E-state index contributed by atoms with van der Waals surface area (Å²) in [5.41, 5.74) is 6.30. The molecule has 1 fully saturated rings. The van der Waals surface area contributed by atoms with E-state index in [-0.39, 0.29) is 5.82 Å². The average molecular weight is 257 g/mol. The number of nitrogens with two attached hydrogens (primary N) is 1. The number of halogens is 2. The van der Waals surface area contributed by atoms with Crippen LogP contribution in [0.25, 0.3) is 0 Å². The van der Waals surface area contributed by atoms with Crippen molar-refractivity contribution in [1.82, 2.24) is 4.90 Å². The first-order chi connectivity index (χ1) is 8.20. The molecule has 0 unspecified atom stereocenters. The Kier molecular flexibility index (Phi) is 4.37. The zero-order valence-corrected chi connectivity index (χ0v) is 10.6. The van der Waals surface area contributed by atoms with E-state index in [2.05, 4.69) is 4.90 Å². The summed E-state index contributed by atoms with van der Waals surface area (Å²) in [5.74, 6) is 0.321. The van der Waals surface area contributed by atoms with Crippen LogP contribution in [0, 0.1) is 11.7 Å². The fourth-order valence-electron chi connectivity index (χ4n) is 2.39. The Morgan fingerprint density at radius 2 is 2.29 bits per heavy atom. The summed E-state index contributed by atoms with van der Waals surface area (Å²) >= 11 is 6.03. The molecule has 0 radical (unpaired) electrons. The van der Waals surface area contributed by atoms with Gasteiger partial charge in [0.1, 0.15) is 5.82 Å². The minimum Gasteiger partial charge on any atom is -0.330 e. The molecule has 1 aromatic carbocycles. The normalized spacial score (nSPS) is 21.7. The lowest BCUT2D eigenvalue weighted by molar-refractivity contribution is 0.169. The molecule has 1 aliphatic heterocycles. The van der Waals surface area contributed by atoms with Gasteiger partial charge in [0.05, 0.1) is 0 Å². The lowest BCUT2D eigenvalue weighted by atomic mass is 9.98. The number of likely N-dealkylation sites (tertiary alicyclic amines) is 1. The molecule has 1 heterocycles. The minimum atomic E-state index is -0.215. The predicted octanol–water partition coefficient (Wildman–Crippen LogP) is 2.65. The van der Waals surface area contributed by atoms with Gasteiger partial charge >= 0.3 is 0 Å². The van der Waals surface area contributed by atoms with E-state index in [1.165, 1.54) is 12.5 Å². The van der Waals surface area contributed by atoms with Crippen LogP contribution in [0.4, 0.5) is 4.39 Å². The maximum absolute atomic E-state index is 13.6. The van der Waals surface area contributed by atoms with Crippen molar-refractivity contribution >= 4 is 11.6 Å². The highest BCUT2D eigenvalue weighted by Crippen LogP contribution is 2.23. The molecular weight excluding hydrogens is 239 g/mol. The van der Waals surface area contributed by atoms with Crippen LogP contribution >= 0.6 is 11.6 Å². The van der Waals surface area contributed by atoms with Crippen LogP contribution in [0.15, 0.2) is 18.2 Å². The standard InChI is InChI=1S/C13H18ClFN2/c14-12-4-1-5-13(15)11(12)9-17-6-2-3-10(7-16)8-17/h1,4-5,10H,2-3,6-9,16H2/t10-/m0/s1. The summed E-state index contributed by atoms with van der Waals surface area (Å²) in [6.07, 6.45) is 2.31. The molecular formula is C13H18ClFN2. The van der Waals surface area contributed by atoms with E-state index in [0.717, 1.165) is 19.5 Å². The summed E-state index contributed by atoms with van der Waals surface area (Å²) < 4.78 is 13.6. The third-order valence-electron chi connectivity index (χ3n) is 3.38. The average Bonchev–Trinajstić information content (AvgIpc) is 2.34. The zero-order chi connectivity index (χ0) is 12.3. The molecule has 1 atom stereocenters. The van der Waals surface area contributed by atoms with Crippen LogP contribution in [0.5, 0.6) is 0 Å². The predicted molar refractivity (Wildman–Crippen MR) is 68.5 cm³/mol. The second-order valence-electron chi connectivity index (χ2n) is 4.68. The number of rotatable bonds is 3. The molecule has 0 amide bonds. The van der Waals surface area contributed by atoms with E-state index in [4.69, 9.17) is 17.3 Å². The molecule has 0 spiro atoms. The summed E-state index contributed by atoms with van der Waals surface area (Å²) in [4.78, 5) is 2.24. The first kappa shape index (κ1) is 12.8. The van der Waals surface area contributed by atoms with E-state index in [1.807, 2.05) is 0 Å². The molecule has 0 saturated carbocycles. The van der Waals surface area contributed by atoms with Crippen LogP contribution in [0.3, 0.4) is 0 Å². The van der Waals surface area contributed by atoms with Crippen LogP contribution in [-0.4, -0.2) is 24.5 Å². The first-order valence-corrected chi connectivity index (χ1v) is 6.44. The fraction of sp³-hybridized carbons (Fsp3) is 0.538. The van der Waals surface area contributed by atoms with Crippen LogP contribution in [-0.2, 0) is 6.54 Å². The molecule has 1 aromatic rings. The molecule has 2 N–H and O–H groups in total. The Morgan fingerprint density at radius 3 is 3.00 bits per heavy atom. The number of benzene rings is 1. The fourth-order valence-corrected chi connectivity index (χ4v) is 2.62. The number of nitrogens with zero attached hydrogens (tertiary/aromatic N) is 1. The van der Waals surface area contributed by atoms with Gasteiger partial charge in [0, 0.05) is 23.7 Å². The first-order valence-electron chi connectivity index (χ1n) is 6.06.